The van der Waals surface area contributed by atoms with E-state index >= 15 is 0 Å². The van der Waals surface area contributed by atoms with Gasteiger partial charge in [0.15, 0.2) is 0 Å². The van der Waals surface area contributed by atoms with Gasteiger partial charge in [-0.25, -0.2) is 0 Å². The van der Waals surface area contributed by atoms with Gasteiger partial charge in [0.25, 0.3) is 0 Å². The van der Waals surface area contributed by atoms with E-state index in [-0.39, 0.29) is 12.1 Å². The summed E-state index contributed by atoms with van der Waals surface area (Å²) in [6.07, 6.45) is 4.85. The Morgan fingerprint density at radius 2 is 1.95 bits per heavy atom. The van der Waals surface area contributed by atoms with E-state index in [0.29, 0.717) is 12.0 Å². The monoisotopic (exact) mass is 276 g/mol. The maximum absolute atomic E-state index is 6.47. The van der Waals surface area contributed by atoms with Gasteiger partial charge in [0.05, 0.1) is 6.04 Å². The molecular weight excluding hydrogens is 248 g/mol. The van der Waals surface area contributed by atoms with Crippen LogP contribution in [0.2, 0.25) is 0 Å². The summed E-state index contributed by atoms with van der Waals surface area (Å²) in [5.74, 6) is 3.70. The number of hydrogen-bond acceptors (Lipinski definition) is 3. The number of nitrogens with zero attached hydrogens (tertiary/aromatic N) is 1. The second-order valence-electron chi connectivity index (χ2n) is 7.00. The Morgan fingerprint density at radius 3 is 2.60 bits per heavy atom. The van der Waals surface area contributed by atoms with Crippen molar-refractivity contribution < 1.29 is 4.42 Å². The molecule has 2 aliphatic rings. The molecule has 2 fully saturated rings. The summed E-state index contributed by atoms with van der Waals surface area (Å²) in [6, 6.07) is 5.30. The zero-order chi connectivity index (χ0) is 14.3. The predicted molar refractivity (Wildman–Crippen MR) is 81.6 cm³/mol. The highest BCUT2D eigenvalue weighted by atomic mass is 16.3. The van der Waals surface area contributed by atoms with Gasteiger partial charge in [0.1, 0.15) is 11.5 Å². The summed E-state index contributed by atoms with van der Waals surface area (Å²) in [4.78, 5) is 2.52. The van der Waals surface area contributed by atoms with Crippen LogP contribution in [0.1, 0.15) is 69.9 Å². The fraction of sp³-hybridized carbons (Fsp3) is 0.765. The van der Waals surface area contributed by atoms with E-state index in [9.17, 15) is 0 Å². The molecule has 4 atom stereocenters. The smallest absolute Gasteiger partial charge is 0.122 e. The molecule has 1 aromatic rings. The molecule has 0 bridgehead atoms. The molecule has 3 rings (SSSR count). The summed E-state index contributed by atoms with van der Waals surface area (Å²) in [5, 5.41) is 0. The van der Waals surface area contributed by atoms with Gasteiger partial charge in [0.2, 0.25) is 0 Å². The van der Waals surface area contributed by atoms with Gasteiger partial charge < -0.3 is 10.2 Å². The lowest BCUT2D eigenvalue weighted by atomic mass is 10.0. The number of rotatable bonds is 3. The summed E-state index contributed by atoms with van der Waals surface area (Å²) in [6.45, 7) is 7.95. The molecule has 1 aliphatic heterocycles. The van der Waals surface area contributed by atoms with E-state index in [1.54, 1.807) is 0 Å². The highest BCUT2D eigenvalue weighted by Gasteiger charge is 2.38. The van der Waals surface area contributed by atoms with Crippen LogP contribution in [0.5, 0.6) is 0 Å². The van der Waals surface area contributed by atoms with E-state index in [1.807, 2.05) is 0 Å². The number of likely N-dealkylation sites (tertiary alicyclic amines) is 1. The Hall–Kier alpha value is -0.800. The Kier molecular flexibility index (Phi) is 3.91. The van der Waals surface area contributed by atoms with Crippen LogP contribution in [0.4, 0.5) is 0 Å². The minimum absolute atomic E-state index is 0.190. The summed E-state index contributed by atoms with van der Waals surface area (Å²) in [7, 11) is 0. The van der Waals surface area contributed by atoms with Gasteiger partial charge in [-0.3, -0.25) is 4.90 Å². The van der Waals surface area contributed by atoms with Gasteiger partial charge >= 0.3 is 0 Å². The van der Waals surface area contributed by atoms with Crippen LogP contribution in [0.15, 0.2) is 16.5 Å². The molecule has 112 valence electrons. The zero-order valence-electron chi connectivity index (χ0n) is 13.0. The molecular formula is C17H28N2O. The van der Waals surface area contributed by atoms with Crippen LogP contribution in [0.25, 0.3) is 0 Å². The third-order valence-electron chi connectivity index (χ3n) is 5.04. The standard InChI is InChI=1S/C17H28N2O/c1-11(2)19-9-5-4-6-14(18)17(19)16-8-7-15(20-16)13-10-12(13)3/h7-8,11-14,17H,4-6,9-10,18H2,1-3H3. The first-order valence-corrected chi connectivity index (χ1v) is 8.19. The third-order valence-corrected chi connectivity index (χ3v) is 5.04. The van der Waals surface area contributed by atoms with Crippen molar-refractivity contribution in [1.29, 1.82) is 0 Å². The summed E-state index contributed by atoms with van der Waals surface area (Å²) in [5.41, 5.74) is 6.47. The molecule has 3 heteroatoms. The van der Waals surface area contributed by atoms with Crippen LogP contribution in [0.3, 0.4) is 0 Å². The first-order chi connectivity index (χ1) is 9.58. The van der Waals surface area contributed by atoms with Crippen molar-refractivity contribution in [2.24, 2.45) is 11.7 Å². The van der Waals surface area contributed by atoms with Gasteiger partial charge in [-0.1, -0.05) is 13.3 Å². The second-order valence-corrected chi connectivity index (χ2v) is 7.00. The quantitative estimate of drug-likeness (QED) is 0.916. The molecule has 0 aromatic carbocycles. The first-order valence-electron chi connectivity index (χ1n) is 8.19. The Morgan fingerprint density at radius 1 is 1.25 bits per heavy atom. The Bertz CT molecular complexity index is 454. The van der Waals surface area contributed by atoms with Crippen molar-refractivity contribution in [2.45, 2.75) is 70.5 Å². The second kappa shape index (κ2) is 5.53. The van der Waals surface area contributed by atoms with Gasteiger partial charge in [-0.05, 0) is 57.7 Å². The number of nitrogens with two attached hydrogens (primary N) is 1. The fourth-order valence-corrected chi connectivity index (χ4v) is 3.62. The Labute approximate surface area is 122 Å². The molecule has 1 saturated carbocycles. The molecule has 1 saturated heterocycles. The van der Waals surface area contributed by atoms with Crippen molar-refractivity contribution in [2.75, 3.05) is 6.54 Å². The largest absolute Gasteiger partial charge is 0.464 e. The lowest BCUT2D eigenvalue weighted by Crippen LogP contribution is -2.43. The summed E-state index contributed by atoms with van der Waals surface area (Å²) < 4.78 is 6.20. The van der Waals surface area contributed by atoms with Crippen molar-refractivity contribution >= 4 is 0 Å². The normalized spacial score (nSPS) is 35.2. The first kappa shape index (κ1) is 14.2. The molecule has 20 heavy (non-hydrogen) atoms. The topological polar surface area (TPSA) is 42.4 Å². The molecule has 1 aliphatic carbocycles. The average Bonchev–Trinajstić information content (AvgIpc) is 3.00. The lowest BCUT2D eigenvalue weighted by molar-refractivity contribution is 0.124. The number of hydrogen-bond donors (Lipinski definition) is 1. The van der Waals surface area contributed by atoms with Gasteiger partial charge in [-0.15, -0.1) is 0 Å². The SMILES string of the molecule is CC1CC1c1ccc(C2C(N)CCCCN2C(C)C)o1. The minimum Gasteiger partial charge on any atom is -0.464 e. The predicted octanol–water partition coefficient (Wildman–Crippen LogP) is 3.67. The van der Waals surface area contributed by atoms with Crippen LogP contribution in [-0.4, -0.2) is 23.5 Å². The maximum atomic E-state index is 6.47. The molecule has 2 N–H and O–H groups in total. The van der Waals surface area contributed by atoms with E-state index in [0.717, 1.165) is 24.6 Å². The molecule has 1 aromatic heterocycles. The average molecular weight is 276 g/mol. The molecule has 2 heterocycles. The van der Waals surface area contributed by atoms with Crippen molar-refractivity contribution in [3.05, 3.63) is 23.7 Å². The maximum Gasteiger partial charge on any atom is 0.122 e. The molecule has 3 nitrogen and oxygen atoms in total. The van der Waals surface area contributed by atoms with Crippen LogP contribution in [-0.2, 0) is 0 Å². The number of furan rings is 1. The van der Waals surface area contributed by atoms with Crippen molar-refractivity contribution in [1.82, 2.24) is 4.90 Å². The van der Waals surface area contributed by atoms with Gasteiger partial charge in [-0.2, -0.15) is 0 Å². The van der Waals surface area contributed by atoms with Crippen LogP contribution >= 0.6 is 0 Å². The van der Waals surface area contributed by atoms with Gasteiger partial charge in [0, 0.05) is 18.0 Å². The molecule has 0 radical (unpaired) electrons. The minimum atomic E-state index is 0.190. The van der Waals surface area contributed by atoms with Crippen LogP contribution < -0.4 is 5.73 Å². The van der Waals surface area contributed by atoms with E-state index in [1.165, 1.54) is 25.0 Å². The van der Waals surface area contributed by atoms with Crippen molar-refractivity contribution in [3.8, 4) is 0 Å². The summed E-state index contributed by atoms with van der Waals surface area (Å²) >= 11 is 0. The fourth-order valence-electron chi connectivity index (χ4n) is 3.62. The Balaban J connectivity index is 1.85. The van der Waals surface area contributed by atoms with E-state index in [4.69, 9.17) is 10.2 Å². The molecule has 4 unspecified atom stereocenters. The highest BCUT2D eigenvalue weighted by Crippen LogP contribution is 2.48. The molecule has 0 spiro atoms. The van der Waals surface area contributed by atoms with Crippen LogP contribution in [0, 0.1) is 5.92 Å². The molecule has 0 amide bonds. The highest BCUT2D eigenvalue weighted by molar-refractivity contribution is 5.20. The lowest BCUT2D eigenvalue weighted by Gasteiger charge is -2.35. The van der Waals surface area contributed by atoms with E-state index < -0.39 is 0 Å². The van der Waals surface area contributed by atoms with E-state index in [2.05, 4.69) is 37.8 Å². The van der Waals surface area contributed by atoms with Crippen molar-refractivity contribution in [3.63, 3.8) is 0 Å². The third kappa shape index (κ3) is 2.66. The zero-order valence-corrected chi connectivity index (χ0v) is 13.0.